The molecule has 0 bridgehead atoms. The van der Waals surface area contributed by atoms with Gasteiger partial charge in [0.25, 0.3) is 0 Å². The molecule has 1 rings (SSSR count). The Hall–Kier alpha value is -0.0800. The summed E-state index contributed by atoms with van der Waals surface area (Å²) < 4.78 is 5.80. The van der Waals surface area contributed by atoms with Crippen LogP contribution in [0, 0.1) is 11.3 Å². The zero-order chi connectivity index (χ0) is 13.6. The van der Waals surface area contributed by atoms with Crippen LogP contribution in [0.4, 0.5) is 0 Å². The van der Waals surface area contributed by atoms with E-state index in [1.165, 1.54) is 32.1 Å². The first-order chi connectivity index (χ1) is 8.41. The Bertz CT molecular complexity index is 222. The Morgan fingerprint density at radius 1 is 1.22 bits per heavy atom. The van der Waals surface area contributed by atoms with Crippen molar-refractivity contribution in [2.75, 3.05) is 19.8 Å². The van der Waals surface area contributed by atoms with Gasteiger partial charge in [0.2, 0.25) is 0 Å². The molecule has 0 spiro atoms. The van der Waals surface area contributed by atoms with Crippen molar-refractivity contribution in [3.63, 3.8) is 0 Å². The lowest BCUT2D eigenvalue weighted by atomic mass is 9.73. The quantitative estimate of drug-likeness (QED) is 0.774. The summed E-state index contributed by atoms with van der Waals surface area (Å²) in [7, 11) is 0. The van der Waals surface area contributed by atoms with Crippen LogP contribution in [0.5, 0.6) is 0 Å². The van der Waals surface area contributed by atoms with Gasteiger partial charge in [-0.15, -0.1) is 0 Å². The molecular weight excluding hydrogens is 222 g/mol. The normalized spacial score (nSPS) is 25.7. The first kappa shape index (κ1) is 16.0. The minimum Gasteiger partial charge on any atom is -0.381 e. The third-order valence-electron chi connectivity index (χ3n) is 4.27. The number of nitrogens with one attached hydrogen (secondary N) is 1. The minimum atomic E-state index is 0.207. The second-order valence-electron chi connectivity index (χ2n) is 7.15. The van der Waals surface area contributed by atoms with Gasteiger partial charge in [-0.25, -0.2) is 0 Å². The van der Waals surface area contributed by atoms with E-state index in [2.05, 4.69) is 39.9 Å². The van der Waals surface area contributed by atoms with Crippen molar-refractivity contribution in [1.82, 2.24) is 5.32 Å². The van der Waals surface area contributed by atoms with Crippen LogP contribution in [0.3, 0.4) is 0 Å². The molecule has 2 heteroatoms. The Morgan fingerprint density at radius 2 is 1.89 bits per heavy atom. The highest BCUT2D eigenvalue weighted by Gasteiger charge is 2.35. The molecule has 1 saturated heterocycles. The first-order valence-electron chi connectivity index (χ1n) is 7.73. The van der Waals surface area contributed by atoms with Gasteiger partial charge in [-0.3, -0.25) is 0 Å². The lowest BCUT2D eigenvalue weighted by Crippen LogP contribution is -2.48. The molecule has 1 unspecified atom stereocenters. The van der Waals surface area contributed by atoms with Gasteiger partial charge >= 0.3 is 0 Å². The molecule has 1 heterocycles. The van der Waals surface area contributed by atoms with Gasteiger partial charge in [0.05, 0.1) is 6.61 Å². The molecule has 18 heavy (non-hydrogen) atoms. The predicted molar refractivity (Wildman–Crippen MR) is 78.9 cm³/mol. The number of hydrogen-bond donors (Lipinski definition) is 1. The summed E-state index contributed by atoms with van der Waals surface area (Å²) >= 11 is 0. The maximum Gasteiger partial charge on any atom is 0.0534 e. The van der Waals surface area contributed by atoms with Gasteiger partial charge in [-0.2, -0.15) is 0 Å². The summed E-state index contributed by atoms with van der Waals surface area (Å²) in [6, 6.07) is 0. The number of ether oxygens (including phenoxy) is 1. The monoisotopic (exact) mass is 255 g/mol. The first-order valence-corrected chi connectivity index (χ1v) is 7.73. The summed E-state index contributed by atoms with van der Waals surface area (Å²) in [6.07, 6.45) is 6.48. The molecule has 0 radical (unpaired) electrons. The van der Waals surface area contributed by atoms with E-state index in [-0.39, 0.29) is 5.54 Å². The Morgan fingerprint density at radius 3 is 2.33 bits per heavy atom. The molecule has 1 atom stereocenters. The molecule has 108 valence electrons. The van der Waals surface area contributed by atoms with E-state index in [0.717, 1.165) is 25.7 Å². The van der Waals surface area contributed by atoms with Gasteiger partial charge in [0.1, 0.15) is 0 Å². The van der Waals surface area contributed by atoms with E-state index in [1.807, 2.05) is 0 Å². The van der Waals surface area contributed by atoms with Gasteiger partial charge in [0.15, 0.2) is 0 Å². The maximum absolute atomic E-state index is 5.80. The Balaban J connectivity index is 2.62. The summed E-state index contributed by atoms with van der Waals surface area (Å²) in [4.78, 5) is 0. The molecule has 0 amide bonds. The Labute approximate surface area is 114 Å². The van der Waals surface area contributed by atoms with E-state index in [1.54, 1.807) is 0 Å². The van der Waals surface area contributed by atoms with E-state index >= 15 is 0 Å². The van der Waals surface area contributed by atoms with Crippen LogP contribution in [0.25, 0.3) is 0 Å². The zero-order valence-electron chi connectivity index (χ0n) is 13.1. The summed E-state index contributed by atoms with van der Waals surface area (Å²) in [5.74, 6) is 0.855. The lowest BCUT2D eigenvalue weighted by molar-refractivity contribution is -0.0239. The van der Waals surface area contributed by atoms with Gasteiger partial charge in [-0.1, -0.05) is 26.7 Å². The van der Waals surface area contributed by atoms with Crippen LogP contribution in [-0.2, 0) is 4.74 Å². The minimum absolute atomic E-state index is 0.207. The third-order valence-corrected chi connectivity index (χ3v) is 4.27. The smallest absolute Gasteiger partial charge is 0.0534 e. The zero-order valence-corrected chi connectivity index (χ0v) is 13.1. The van der Waals surface area contributed by atoms with Gasteiger partial charge < -0.3 is 10.1 Å². The SMILES string of the molecule is CCC(CC)CC1(CNC(C)(C)C)CCCOC1. The molecule has 0 saturated carbocycles. The van der Waals surface area contributed by atoms with Crippen molar-refractivity contribution in [1.29, 1.82) is 0 Å². The molecule has 1 aliphatic rings. The Kier molecular flexibility index (Phi) is 6.13. The molecular formula is C16H33NO. The van der Waals surface area contributed by atoms with Crippen molar-refractivity contribution in [2.24, 2.45) is 11.3 Å². The predicted octanol–water partition coefficient (Wildman–Crippen LogP) is 4.00. The molecule has 1 N–H and O–H groups in total. The molecule has 0 aliphatic carbocycles. The van der Waals surface area contributed by atoms with Crippen molar-refractivity contribution < 1.29 is 4.74 Å². The molecule has 0 aromatic carbocycles. The van der Waals surface area contributed by atoms with Crippen LogP contribution in [0.2, 0.25) is 0 Å². The third kappa shape index (κ3) is 5.27. The van der Waals surface area contributed by atoms with Crippen LogP contribution in [-0.4, -0.2) is 25.3 Å². The van der Waals surface area contributed by atoms with Crippen molar-refractivity contribution in [3.05, 3.63) is 0 Å². The van der Waals surface area contributed by atoms with E-state index in [0.29, 0.717) is 5.41 Å². The van der Waals surface area contributed by atoms with Crippen LogP contribution in [0.1, 0.15) is 66.7 Å². The average molecular weight is 255 g/mol. The van der Waals surface area contributed by atoms with Crippen LogP contribution >= 0.6 is 0 Å². The standard InChI is InChI=1S/C16H33NO/c1-6-14(7-2)11-16(9-8-10-18-13-16)12-17-15(3,4)5/h14,17H,6-13H2,1-5H3. The molecule has 0 aromatic heterocycles. The molecule has 2 nitrogen and oxygen atoms in total. The van der Waals surface area contributed by atoms with Crippen molar-refractivity contribution in [3.8, 4) is 0 Å². The maximum atomic E-state index is 5.80. The highest BCUT2D eigenvalue weighted by atomic mass is 16.5. The average Bonchev–Trinajstić information content (AvgIpc) is 2.34. The van der Waals surface area contributed by atoms with E-state index in [9.17, 15) is 0 Å². The lowest BCUT2D eigenvalue weighted by Gasteiger charge is -2.41. The fourth-order valence-corrected chi connectivity index (χ4v) is 2.93. The van der Waals surface area contributed by atoms with Crippen molar-refractivity contribution in [2.45, 2.75) is 72.3 Å². The summed E-state index contributed by atoms with van der Waals surface area (Å²) in [5, 5.41) is 3.71. The highest BCUT2D eigenvalue weighted by molar-refractivity contribution is 4.88. The molecule has 1 fully saturated rings. The van der Waals surface area contributed by atoms with E-state index in [4.69, 9.17) is 4.74 Å². The second-order valence-corrected chi connectivity index (χ2v) is 7.15. The fraction of sp³-hybridized carbons (Fsp3) is 1.00. The van der Waals surface area contributed by atoms with Crippen molar-refractivity contribution >= 4 is 0 Å². The van der Waals surface area contributed by atoms with Crippen LogP contribution < -0.4 is 5.32 Å². The number of hydrogen-bond acceptors (Lipinski definition) is 2. The largest absolute Gasteiger partial charge is 0.381 e. The summed E-state index contributed by atoms with van der Waals surface area (Å²) in [6.45, 7) is 14.4. The van der Waals surface area contributed by atoms with Gasteiger partial charge in [0, 0.05) is 24.1 Å². The van der Waals surface area contributed by atoms with E-state index < -0.39 is 0 Å². The molecule has 0 aromatic rings. The highest BCUT2D eigenvalue weighted by Crippen LogP contribution is 2.37. The topological polar surface area (TPSA) is 21.3 Å². The van der Waals surface area contributed by atoms with Crippen LogP contribution in [0.15, 0.2) is 0 Å². The van der Waals surface area contributed by atoms with Gasteiger partial charge in [-0.05, 0) is 46.0 Å². The fourth-order valence-electron chi connectivity index (χ4n) is 2.93. The second kappa shape index (κ2) is 6.91. The summed E-state index contributed by atoms with van der Waals surface area (Å²) in [5.41, 5.74) is 0.584. The number of rotatable bonds is 6. The molecule has 1 aliphatic heterocycles.